The van der Waals surface area contributed by atoms with Crippen LogP contribution in [0.3, 0.4) is 0 Å². The van der Waals surface area contributed by atoms with Crippen LogP contribution in [0.25, 0.3) is 0 Å². The highest BCUT2D eigenvalue weighted by molar-refractivity contribution is 5.94. The van der Waals surface area contributed by atoms with Gasteiger partial charge in [0.05, 0.1) is 19.2 Å². The molecule has 2 aromatic rings. The summed E-state index contributed by atoms with van der Waals surface area (Å²) in [5, 5.41) is 0. The van der Waals surface area contributed by atoms with Crippen LogP contribution in [0.4, 0.5) is 0 Å². The van der Waals surface area contributed by atoms with E-state index in [-0.39, 0.29) is 23.7 Å². The minimum absolute atomic E-state index is 0.00605. The monoisotopic (exact) mass is 382 g/mol. The molecule has 6 heteroatoms. The third kappa shape index (κ3) is 3.91. The lowest BCUT2D eigenvalue weighted by Gasteiger charge is -2.39. The molecule has 0 spiro atoms. The molecule has 4 rings (SSSR count). The first-order valence-corrected chi connectivity index (χ1v) is 9.86. The number of ether oxygens (including phenoxy) is 2. The molecule has 2 aliphatic rings. The van der Waals surface area contributed by atoms with E-state index in [0.717, 1.165) is 24.3 Å². The molecule has 0 unspecified atom stereocenters. The largest absolute Gasteiger partial charge is 0.491 e. The summed E-state index contributed by atoms with van der Waals surface area (Å²) in [7, 11) is 0. The second-order valence-electron chi connectivity index (χ2n) is 7.91. The quantitative estimate of drug-likeness (QED) is 0.770. The van der Waals surface area contributed by atoms with E-state index in [1.165, 1.54) is 0 Å². The molecule has 1 aliphatic heterocycles. The molecule has 0 N–H and O–H groups in total. The fraction of sp³-hybridized carbons (Fsp3) is 0.455. The van der Waals surface area contributed by atoms with E-state index in [4.69, 9.17) is 9.47 Å². The Kier molecular flexibility index (Phi) is 4.87. The van der Waals surface area contributed by atoms with Crippen molar-refractivity contribution >= 4 is 5.91 Å². The number of aryl methyl sites for hydroxylation is 1. The Hall–Kier alpha value is -2.76. The first kappa shape index (κ1) is 18.6. The Morgan fingerprint density at radius 1 is 1.07 bits per heavy atom. The maximum absolute atomic E-state index is 12.6. The second kappa shape index (κ2) is 7.34. The van der Waals surface area contributed by atoms with Crippen LogP contribution in [0.2, 0.25) is 0 Å². The van der Waals surface area contributed by atoms with Crippen LogP contribution < -0.4 is 15.0 Å². The number of nitrogens with zero attached hydrogens (tertiary/aromatic N) is 2. The lowest BCUT2D eigenvalue weighted by atomic mass is 10.1. The van der Waals surface area contributed by atoms with E-state index in [9.17, 15) is 9.59 Å². The standard InChI is InChI=1S/C22H26N2O4/c1-14(2)27-18-8-4-16(5-9-18)22(26)23-12-20(13-23)28-19-10-15(3)24(17-6-7-17)21(25)11-19/h4-5,8-11,14,17,20H,6-7,12-13H2,1-3H3. The molecular weight excluding hydrogens is 356 g/mol. The number of likely N-dealkylation sites (tertiary alicyclic amines) is 1. The fourth-order valence-electron chi connectivity index (χ4n) is 3.55. The van der Waals surface area contributed by atoms with Crippen molar-refractivity contribution in [1.82, 2.24) is 9.47 Å². The fourth-order valence-corrected chi connectivity index (χ4v) is 3.55. The molecule has 148 valence electrons. The second-order valence-corrected chi connectivity index (χ2v) is 7.91. The van der Waals surface area contributed by atoms with Crippen LogP contribution in [0.15, 0.2) is 41.2 Å². The predicted octanol–water partition coefficient (Wildman–Crippen LogP) is 3.18. The molecule has 0 atom stereocenters. The summed E-state index contributed by atoms with van der Waals surface area (Å²) in [6.07, 6.45) is 2.17. The van der Waals surface area contributed by atoms with Gasteiger partial charge in [-0.3, -0.25) is 9.59 Å². The van der Waals surface area contributed by atoms with E-state index in [1.54, 1.807) is 23.1 Å². The number of benzene rings is 1. The van der Waals surface area contributed by atoms with Crippen molar-refractivity contribution in [2.75, 3.05) is 13.1 Å². The third-order valence-electron chi connectivity index (χ3n) is 5.06. The van der Waals surface area contributed by atoms with Crippen LogP contribution in [-0.4, -0.2) is 40.7 Å². The molecule has 6 nitrogen and oxygen atoms in total. The normalized spacial score (nSPS) is 16.8. The lowest BCUT2D eigenvalue weighted by Crippen LogP contribution is -2.56. The van der Waals surface area contributed by atoms with E-state index < -0.39 is 0 Å². The van der Waals surface area contributed by atoms with Crippen LogP contribution in [0.5, 0.6) is 11.5 Å². The van der Waals surface area contributed by atoms with Crippen molar-refractivity contribution in [2.45, 2.75) is 51.9 Å². The smallest absolute Gasteiger partial charge is 0.254 e. The Balaban J connectivity index is 1.33. The van der Waals surface area contributed by atoms with Crippen LogP contribution in [-0.2, 0) is 0 Å². The van der Waals surface area contributed by atoms with Gasteiger partial charge in [-0.2, -0.15) is 0 Å². The van der Waals surface area contributed by atoms with Gasteiger partial charge in [0.15, 0.2) is 0 Å². The molecule has 1 saturated carbocycles. The molecule has 1 amide bonds. The van der Waals surface area contributed by atoms with Crippen LogP contribution in [0.1, 0.15) is 48.8 Å². The molecule has 0 radical (unpaired) electrons. The zero-order chi connectivity index (χ0) is 19.8. The van der Waals surface area contributed by atoms with E-state index in [1.807, 2.05) is 43.5 Å². The molecule has 2 fully saturated rings. The van der Waals surface area contributed by atoms with Gasteiger partial charge in [0.2, 0.25) is 0 Å². The van der Waals surface area contributed by atoms with Gasteiger partial charge in [-0.25, -0.2) is 0 Å². The summed E-state index contributed by atoms with van der Waals surface area (Å²) >= 11 is 0. The summed E-state index contributed by atoms with van der Waals surface area (Å²) < 4.78 is 13.4. The zero-order valence-corrected chi connectivity index (χ0v) is 16.6. The van der Waals surface area contributed by atoms with E-state index in [0.29, 0.717) is 30.4 Å². The first-order valence-electron chi connectivity index (χ1n) is 9.86. The number of aromatic nitrogens is 1. The molecule has 1 aromatic heterocycles. The Labute approximate surface area is 164 Å². The number of carbonyl (C=O) groups excluding carboxylic acids is 1. The van der Waals surface area contributed by atoms with Crippen molar-refractivity contribution in [3.8, 4) is 11.5 Å². The highest BCUT2D eigenvalue weighted by Crippen LogP contribution is 2.35. The van der Waals surface area contributed by atoms with Crippen molar-refractivity contribution in [3.05, 3.63) is 58.0 Å². The zero-order valence-electron chi connectivity index (χ0n) is 16.6. The highest BCUT2D eigenvalue weighted by atomic mass is 16.5. The lowest BCUT2D eigenvalue weighted by molar-refractivity contribution is 0.0176. The molecule has 0 bridgehead atoms. The van der Waals surface area contributed by atoms with Crippen LogP contribution >= 0.6 is 0 Å². The van der Waals surface area contributed by atoms with Gasteiger partial charge in [-0.05, 0) is 63.9 Å². The Bertz CT molecular complexity index is 923. The van der Waals surface area contributed by atoms with Crippen molar-refractivity contribution in [3.63, 3.8) is 0 Å². The summed E-state index contributed by atoms with van der Waals surface area (Å²) in [6.45, 7) is 6.92. The van der Waals surface area contributed by atoms with Crippen molar-refractivity contribution in [1.29, 1.82) is 0 Å². The van der Waals surface area contributed by atoms with Gasteiger partial charge in [-0.1, -0.05) is 0 Å². The first-order chi connectivity index (χ1) is 13.4. The molecule has 2 heterocycles. The molecule has 28 heavy (non-hydrogen) atoms. The summed E-state index contributed by atoms with van der Waals surface area (Å²) in [6, 6.07) is 11.0. The Morgan fingerprint density at radius 3 is 2.32 bits per heavy atom. The number of pyridine rings is 1. The SMILES string of the molecule is Cc1cc(OC2CN(C(=O)c3ccc(OC(C)C)cc3)C2)cc(=O)n1C1CC1. The number of carbonyl (C=O) groups is 1. The maximum atomic E-state index is 12.6. The van der Waals surface area contributed by atoms with Gasteiger partial charge >= 0.3 is 0 Å². The summed E-state index contributed by atoms with van der Waals surface area (Å²) in [5.74, 6) is 1.33. The van der Waals surface area contributed by atoms with Gasteiger partial charge in [0, 0.05) is 23.4 Å². The van der Waals surface area contributed by atoms with Gasteiger partial charge < -0.3 is 18.9 Å². The predicted molar refractivity (Wildman–Crippen MR) is 106 cm³/mol. The summed E-state index contributed by atoms with van der Waals surface area (Å²) in [4.78, 5) is 26.6. The van der Waals surface area contributed by atoms with Gasteiger partial charge in [0.1, 0.15) is 17.6 Å². The minimum Gasteiger partial charge on any atom is -0.491 e. The van der Waals surface area contributed by atoms with E-state index >= 15 is 0 Å². The number of amides is 1. The number of hydrogen-bond acceptors (Lipinski definition) is 4. The van der Waals surface area contributed by atoms with Gasteiger partial charge in [0.25, 0.3) is 11.5 Å². The minimum atomic E-state index is -0.0805. The van der Waals surface area contributed by atoms with Crippen molar-refractivity contribution in [2.24, 2.45) is 0 Å². The summed E-state index contributed by atoms with van der Waals surface area (Å²) in [5.41, 5.74) is 1.56. The average Bonchev–Trinajstić information content (AvgIpc) is 3.41. The van der Waals surface area contributed by atoms with Crippen molar-refractivity contribution < 1.29 is 14.3 Å². The molecule has 1 saturated heterocycles. The highest BCUT2D eigenvalue weighted by Gasteiger charge is 2.33. The third-order valence-corrected chi connectivity index (χ3v) is 5.06. The number of rotatable bonds is 6. The topological polar surface area (TPSA) is 60.8 Å². The van der Waals surface area contributed by atoms with Gasteiger partial charge in [-0.15, -0.1) is 0 Å². The average molecular weight is 382 g/mol. The maximum Gasteiger partial charge on any atom is 0.254 e. The van der Waals surface area contributed by atoms with E-state index in [2.05, 4.69) is 0 Å². The molecule has 1 aliphatic carbocycles. The molecule has 1 aromatic carbocycles. The molecular formula is C22H26N2O4. The number of hydrogen-bond donors (Lipinski definition) is 0. The van der Waals surface area contributed by atoms with Crippen LogP contribution in [0, 0.1) is 6.92 Å². The Morgan fingerprint density at radius 2 is 1.75 bits per heavy atom.